The van der Waals surface area contributed by atoms with Gasteiger partial charge in [-0.25, -0.2) is 0 Å². The van der Waals surface area contributed by atoms with Gasteiger partial charge in [-0.2, -0.15) is 0 Å². The Morgan fingerprint density at radius 2 is 2.19 bits per heavy atom. The number of benzene rings is 1. The molecule has 5 heteroatoms. The molecule has 0 saturated carbocycles. The van der Waals surface area contributed by atoms with Crippen molar-refractivity contribution in [2.45, 2.75) is 26.0 Å². The third-order valence-electron chi connectivity index (χ3n) is 3.65. The first-order valence-electron chi connectivity index (χ1n) is 7.50. The van der Waals surface area contributed by atoms with Crippen molar-refractivity contribution in [3.63, 3.8) is 0 Å². The highest BCUT2D eigenvalue weighted by molar-refractivity contribution is 5.77. The lowest BCUT2D eigenvalue weighted by molar-refractivity contribution is -0.126. The number of fused-ring (bicyclic) bond motifs is 1. The summed E-state index contributed by atoms with van der Waals surface area (Å²) in [7, 11) is 0. The van der Waals surface area contributed by atoms with Crippen LogP contribution >= 0.6 is 0 Å². The minimum atomic E-state index is -0.555. The minimum absolute atomic E-state index is 0.0559. The minimum Gasteiger partial charge on any atom is -0.390 e. The number of ether oxygens (including phenoxy) is 1. The summed E-state index contributed by atoms with van der Waals surface area (Å²) < 4.78 is 5.01. The van der Waals surface area contributed by atoms with E-state index in [4.69, 9.17) is 4.74 Å². The average Bonchev–Trinajstić information content (AvgIpc) is 2.50. The van der Waals surface area contributed by atoms with Crippen LogP contribution in [-0.4, -0.2) is 54.9 Å². The second-order valence-corrected chi connectivity index (χ2v) is 5.35. The number of nitrogens with one attached hydrogen (secondary N) is 1. The summed E-state index contributed by atoms with van der Waals surface area (Å²) in [4.78, 5) is 13.6. The van der Waals surface area contributed by atoms with Crippen molar-refractivity contribution in [1.82, 2.24) is 10.2 Å². The van der Waals surface area contributed by atoms with Gasteiger partial charge in [0.1, 0.15) is 6.61 Å². The number of carbonyl (C=O) groups is 1. The van der Waals surface area contributed by atoms with Crippen LogP contribution in [0.5, 0.6) is 0 Å². The fraction of sp³-hybridized carbons (Fsp3) is 0.562. The molecule has 2 N–H and O–H groups in total. The lowest BCUT2D eigenvalue weighted by Gasteiger charge is -2.30. The van der Waals surface area contributed by atoms with Crippen molar-refractivity contribution < 1.29 is 14.6 Å². The molecular formula is C16H24N2O3. The highest BCUT2D eigenvalue weighted by Crippen LogP contribution is 2.18. The number of β-amino-alcohol motifs (C(OH)–C–C–N with tert-alkyl or cyclic N) is 1. The number of hydrogen-bond donors (Lipinski definition) is 2. The third-order valence-corrected chi connectivity index (χ3v) is 3.65. The van der Waals surface area contributed by atoms with E-state index in [1.165, 1.54) is 11.1 Å². The molecule has 116 valence electrons. The van der Waals surface area contributed by atoms with Crippen LogP contribution < -0.4 is 5.32 Å². The van der Waals surface area contributed by atoms with Gasteiger partial charge in [-0.1, -0.05) is 24.3 Å². The van der Waals surface area contributed by atoms with Crippen LogP contribution in [0.25, 0.3) is 0 Å². The smallest absolute Gasteiger partial charge is 0.246 e. The van der Waals surface area contributed by atoms with E-state index in [9.17, 15) is 9.90 Å². The molecule has 5 nitrogen and oxygen atoms in total. The number of rotatable bonds is 7. The maximum atomic E-state index is 11.4. The van der Waals surface area contributed by atoms with Gasteiger partial charge in [0.25, 0.3) is 0 Å². The van der Waals surface area contributed by atoms with Gasteiger partial charge in [0, 0.05) is 32.8 Å². The maximum Gasteiger partial charge on any atom is 0.246 e. The normalized spacial score (nSPS) is 16.3. The second-order valence-electron chi connectivity index (χ2n) is 5.35. The quantitative estimate of drug-likeness (QED) is 0.771. The largest absolute Gasteiger partial charge is 0.390 e. The van der Waals surface area contributed by atoms with Crippen molar-refractivity contribution in [3.8, 4) is 0 Å². The Morgan fingerprint density at radius 3 is 2.95 bits per heavy atom. The van der Waals surface area contributed by atoms with Crippen LogP contribution in [0, 0.1) is 0 Å². The van der Waals surface area contributed by atoms with Crippen LogP contribution in [0.2, 0.25) is 0 Å². The summed E-state index contributed by atoms with van der Waals surface area (Å²) in [6, 6.07) is 8.42. The molecule has 1 atom stereocenters. The monoisotopic (exact) mass is 292 g/mol. The first-order valence-corrected chi connectivity index (χ1v) is 7.50. The van der Waals surface area contributed by atoms with E-state index in [1.54, 1.807) is 0 Å². The third kappa shape index (κ3) is 5.12. The number of aliphatic hydroxyl groups is 1. The maximum absolute atomic E-state index is 11.4. The van der Waals surface area contributed by atoms with Gasteiger partial charge in [-0.3, -0.25) is 9.69 Å². The number of carbonyl (C=O) groups excluding carboxylic acids is 1. The Labute approximate surface area is 125 Å². The molecule has 1 aromatic carbocycles. The molecule has 0 aliphatic carbocycles. The molecule has 0 radical (unpaired) electrons. The van der Waals surface area contributed by atoms with E-state index in [0.29, 0.717) is 13.2 Å². The lowest BCUT2D eigenvalue weighted by Crippen LogP contribution is -2.42. The zero-order valence-corrected chi connectivity index (χ0v) is 12.5. The van der Waals surface area contributed by atoms with Crippen molar-refractivity contribution in [3.05, 3.63) is 35.4 Å². The van der Waals surface area contributed by atoms with Crippen LogP contribution in [0.1, 0.15) is 18.1 Å². The Kier molecular flexibility index (Phi) is 6.17. The van der Waals surface area contributed by atoms with E-state index in [-0.39, 0.29) is 19.1 Å². The molecule has 1 aliphatic rings. The van der Waals surface area contributed by atoms with Crippen LogP contribution in [0.4, 0.5) is 0 Å². The van der Waals surface area contributed by atoms with E-state index < -0.39 is 6.10 Å². The molecule has 2 rings (SSSR count). The molecule has 0 aromatic heterocycles. The molecule has 0 fully saturated rings. The predicted molar refractivity (Wildman–Crippen MR) is 80.9 cm³/mol. The zero-order chi connectivity index (χ0) is 15.1. The summed E-state index contributed by atoms with van der Waals surface area (Å²) in [5.74, 6) is -0.181. The SMILES string of the molecule is CCOCC(=O)NCC(O)CN1CCc2ccccc2C1. The van der Waals surface area contributed by atoms with Crippen molar-refractivity contribution >= 4 is 5.91 Å². The molecule has 1 heterocycles. The average molecular weight is 292 g/mol. The lowest BCUT2D eigenvalue weighted by atomic mass is 10.00. The predicted octanol–water partition coefficient (Wildman–Crippen LogP) is 0.558. The fourth-order valence-corrected chi connectivity index (χ4v) is 2.55. The van der Waals surface area contributed by atoms with Gasteiger partial charge in [-0.05, 0) is 24.5 Å². The number of aliphatic hydroxyl groups excluding tert-OH is 1. The van der Waals surface area contributed by atoms with Crippen LogP contribution in [-0.2, 0) is 22.5 Å². The van der Waals surface area contributed by atoms with E-state index in [1.807, 2.05) is 13.0 Å². The van der Waals surface area contributed by atoms with Gasteiger partial charge in [-0.15, -0.1) is 0 Å². The molecule has 21 heavy (non-hydrogen) atoms. The Bertz CT molecular complexity index is 465. The number of nitrogens with zero attached hydrogens (tertiary/aromatic N) is 1. The van der Waals surface area contributed by atoms with Crippen LogP contribution in [0.15, 0.2) is 24.3 Å². The summed E-state index contributed by atoms with van der Waals surface area (Å²) in [5.41, 5.74) is 2.73. The summed E-state index contributed by atoms with van der Waals surface area (Å²) in [6.45, 7) is 5.06. The first-order chi connectivity index (χ1) is 10.2. The molecule has 0 bridgehead atoms. The van der Waals surface area contributed by atoms with Crippen LogP contribution in [0.3, 0.4) is 0 Å². The summed E-state index contributed by atoms with van der Waals surface area (Å²) >= 11 is 0. The number of amides is 1. The highest BCUT2D eigenvalue weighted by Gasteiger charge is 2.18. The van der Waals surface area contributed by atoms with Gasteiger partial charge < -0.3 is 15.2 Å². The fourth-order valence-electron chi connectivity index (χ4n) is 2.55. The van der Waals surface area contributed by atoms with Gasteiger partial charge in [0.05, 0.1) is 6.10 Å². The van der Waals surface area contributed by atoms with E-state index >= 15 is 0 Å². The second kappa shape index (κ2) is 8.12. The van der Waals surface area contributed by atoms with Gasteiger partial charge in [0.2, 0.25) is 5.91 Å². The summed E-state index contributed by atoms with van der Waals surface area (Å²) in [5, 5.41) is 12.7. The van der Waals surface area contributed by atoms with E-state index in [2.05, 4.69) is 28.4 Å². The first kappa shape index (κ1) is 15.9. The molecule has 1 aliphatic heterocycles. The Hall–Kier alpha value is -1.43. The van der Waals surface area contributed by atoms with Crippen molar-refractivity contribution in [2.75, 3.05) is 32.8 Å². The van der Waals surface area contributed by atoms with Gasteiger partial charge in [0.15, 0.2) is 0 Å². The molecular weight excluding hydrogens is 268 g/mol. The highest BCUT2D eigenvalue weighted by atomic mass is 16.5. The number of hydrogen-bond acceptors (Lipinski definition) is 4. The summed E-state index contributed by atoms with van der Waals surface area (Å²) in [6.07, 6.45) is 0.459. The zero-order valence-electron chi connectivity index (χ0n) is 12.5. The van der Waals surface area contributed by atoms with E-state index in [0.717, 1.165) is 19.5 Å². The molecule has 0 saturated heterocycles. The molecule has 1 aromatic rings. The standard InChI is InChI=1S/C16H24N2O3/c1-2-21-12-16(20)17-9-15(19)11-18-8-7-13-5-3-4-6-14(13)10-18/h3-6,15,19H,2,7-12H2,1H3,(H,17,20). The molecule has 1 amide bonds. The molecule has 1 unspecified atom stereocenters. The molecule has 0 spiro atoms. The van der Waals surface area contributed by atoms with Crippen molar-refractivity contribution in [2.24, 2.45) is 0 Å². The Morgan fingerprint density at radius 1 is 1.43 bits per heavy atom. The Balaban J connectivity index is 1.72. The van der Waals surface area contributed by atoms with Crippen molar-refractivity contribution in [1.29, 1.82) is 0 Å². The van der Waals surface area contributed by atoms with Gasteiger partial charge >= 0.3 is 0 Å². The topological polar surface area (TPSA) is 61.8 Å².